The van der Waals surface area contributed by atoms with Gasteiger partial charge in [0.05, 0.1) is 0 Å². The first-order valence-corrected chi connectivity index (χ1v) is 10.2. The second-order valence-electron chi connectivity index (χ2n) is 7.58. The van der Waals surface area contributed by atoms with E-state index < -0.39 is 0 Å². The number of likely N-dealkylation sites (tertiary alicyclic amines) is 1. The van der Waals surface area contributed by atoms with Crippen LogP contribution in [-0.2, 0) is 13.1 Å². The summed E-state index contributed by atoms with van der Waals surface area (Å²) in [6, 6.07) is 19.2. The summed E-state index contributed by atoms with van der Waals surface area (Å²) in [5, 5.41) is 15.0. The van der Waals surface area contributed by atoms with Crippen molar-refractivity contribution in [3.8, 4) is 5.75 Å². The number of aromatic hydroxyl groups is 1. The van der Waals surface area contributed by atoms with E-state index >= 15 is 0 Å². The van der Waals surface area contributed by atoms with Gasteiger partial charge >= 0.3 is 6.03 Å². The van der Waals surface area contributed by atoms with E-state index in [1.54, 1.807) is 24.3 Å². The Morgan fingerprint density at radius 3 is 2.43 bits per heavy atom. The molecule has 3 N–H and O–H groups in total. The molecule has 0 bridgehead atoms. The molecule has 2 amide bonds. The van der Waals surface area contributed by atoms with Crippen LogP contribution in [0.2, 0.25) is 0 Å². The summed E-state index contributed by atoms with van der Waals surface area (Å²) >= 11 is 0. The molecule has 1 atom stereocenters. The Balaban J connectivity index is 1.29. The number of pyridine rings is 1. The van der Waals surface area contributed by atoms with Crippen molar-refractivity contribution >= 4 is 11.7 Å². The van der Waals surface area contributed by atoms with Crippen molar-refractivity contribution < 1.29 is 9.90 Å². The van der Waals surface area contributed by atoms with E-state index in [-0.39, 0.29) is 11.8 Å². The number of hydrogen-bond donors (Lipinski definition) is 3. The van der Waals surface area contributed by atoms with Gasteiger partial charge in [-0.15, -0.1) is 0 Å². The SMILES string of the molecule is O=C(NCc1ccc(O)cc1)Nc1ccc(CN2CCCC2c2ccncc2)cc1. The molecule has 2 heterocycles. The number of nitrogens with zero attached hydrogens (tertiary/aromatic N) is 2. The number of urea groups is 1. The molecule has 0 spiro atoms. The topological polar surface area (TPSA) is 77.5 Å². The third-order valence-electron chi connectivity index (χ3n) is 5.44. The summed E-state index contributed by atoms with van der Waals surface area (Å²) in [4.78, 5) is 18.8. The summed E-state index contributed by atoms with van der Waals surface area (Å²) in [5.41, 5.74) is 4.24. The summed E-state index contributed by atoms with van der Waals surface area (Å²) in [6.07, 6.45) is 6.09. The van der Waals surface area contributed by atoms with Gasteiger partial charge in [-0.25, -0.2) is 4.79 Å². The maximum atomic E-state index is 12.1. The van der Waals surface area contributed by atoms with Gasteiger partial charge in [0.1, 0.15) is 5.75 Å². The van der Waals surface area contributed by atoms with Gasteiger partial charge < -0.3 is 15.7 Å². The molecule has 3 aromatic rings. The van der Waals surface area contributed by atoms with Crippen LogP contribution in [0.4, 0.5) is 10.5 Å². The molecule has 1 fully saturated rings. The van der Waals surface area contributed by atoms with Gasteiger partial charge in [0, 0.05) is 37.2 Å². The van der Waals surface area contributed by atoms with E-state index in [9.17, 15) is 9.90 Å². The van der Waals surface area contributed by atoms with Crippen LogP contribution in [0.15, 0.2) is 73.1 Å². The van der Waals surface area contributed by atoms with Gasteiger partial charge in [-0.1, -0.05) is 24.3 Å². The zero-order chi connectivity index (χ0) is 20.8. The summed E-state index contributed by atoms with van der Waals surface area (Å²) in [7, 11) is 0. The third-order valence-corrected chi connectivity index (χ3v) is 5.44. The molecule has 1 saturated heterocycles. The standard InChI is InChI=1S/C24H26N4O2/c29-22-9-5-18(6-10-22)16-26-24(30)27-21-7-3-19(4-8-21)17-28-15-1-2-23(28)20-11-13-25-14-12-20/h3-14,23,29H,1-2,15-17H2,(H2,26,27,30). The highest BCUT2D eigenvalue weighted by atomic mass is 16.3. The Hall–Kier alpha value is -3.38. The minimum atomic E-state index is -0.256. The molecule has 6 heteroatoms. The van der Waals surface area contributed by atoms with E-state index in [0.29, 0.717) is 12.6 Å². The Bertz CT molecular complexity index is 959. The molecule has 6 nitrogen and oxygen atoms in total. The minimum absolute atomic E-state index is 0.212. The smallest absolute Gasteiger partial charge is 0.319 e. The first-order chi connectivity index (χ1) is 14.7. The van der Waals surface area contributed by atoms with Gasteiger partial charge in [0.25, 0.3) is 0 Å². The molecular weight excluding hydrogens is 376 g/mol. The number of aromatic nitrogens is 1. The van der Waals surface area contributed by atoms with Crippen molar-refractivity contribution in [3.63, 3.8) is 0 Å². The van der Waals surface area contributed by atoms with E-state index in [0.717, 1.165) is 24.3 Å². The fraction of sp³-hybridized carbons (Fsp3) is 0.250. The molecule has 0 saturated carbocycles. The molecule has 0 aliphatic carbocycles. The van der Waals surface area contributed by atoms with Crippen LogP contribution in [0.1, 0.15) is 35.6 Å². The molecule has 154 valence electrons. The zero-order valence-electron chi connectivity index (χ0n) is 16.8. The fourth-order valence-electron chi connectivity index (χ4n) is 3.88. The number of anilines is 1. The van der Waals surface area contributed by atoms with Crippen LogP contribution in [0.5, 0.6) is 5.75 Å². The third kappa shape index (κ3) is 5.15. The van der Waals surface area contributed by atoms with E-state index in [2.05, 4.69) is 44.8 Å². The van der Waals surface area contributed by atoms with E-state index in [1.165, 1.54) is 24.0 Å². The maximum Gasteiger partial charge on any atom is 0.319 e. The van der Waals surface area contributed by atoms with E-state index in [4.69, 9.17) is 0 Å². The molecule has 30 heavy (non-hydrogen) atoms. The van der Waals surface area contributed by atoms with Crippen molar-refractivity contribution in [2.45, 2.75) is 32.0 Å². The lowest BCUT2D eigenvalue weighted by Gasteiger charge is -2.25. The van der Waals surface area contributed by atoms with Crippen LogP contribution >= 0.6 is 0 Å². The van der Waals surface area contributed by atoms with Gasteiger partial charge in [-0.2, -0.15) is 0 Å². The minimum Gasteiger partial charge on any atom is -0.508 e. The van der Waals surface area contributed by atoms with Gasteiger partial charge in [0.2, 0.25) is 0 Å². The number of phenolic OH excluding ortho intramolecular Hbond substituents is 1. The summed E-state index contributed by atoms with van der Waals surface area (Å²) in [5.74, 6) is 0.212. The molecule has 1 aromatic heterocycles. The number of amides is 2. The Labute approximate surface area is 176 Å². The largest absolute Gasteiger partial charge is 0.508 e. The fourth-order valence-corrected chi connectivity index (χ4v) is 3.88. The highest BCUT2D eigenvalue weighted by molar-refractivity contribution is 5.89. The lowest BCUT2D eigenvalue weighted by Crippen LogP contribution is -2.28. The van der Waals surface area contributed by atoms with Gasteiger partial charge in [-0.05, 0) is 72.5 Å². The number of benzene rings is 2. The van der Waals surface area contributed by atoms with Crippen LogP contribution in [-0.4, -0.2) is 27.6 Å². The predicted octanol–water partition coefficient (Wildman–Crippen LogP) is 4.45. The van der Waals surface area contributed by atoms with Crippen molar-refractivity contribution in [3.05, 3.63) is 89.7 Å². The lowest BCUT2D eigenvalue weighted by molar-refractivity contribution is 0.248. The quantitative estimate of drug-likeness (QED) is 0.569. The Kier molecular flexibility index (Phi) is 6.25. The highest BCUT2D eigenvalue weighted by Gasteiger charge is 2.25. The number of carbonyl (C=O) groups is 1. The average Bonchev–Trinajstić information content (AvgIpc) is 3.23. The number of rotatable bonds is 6. The molecule has 0 radical (unpaired) electrons. The predicted molar refractivity (Wildman–Crippen MR) is 117 cm³/mol. The zero-order valence-corrected chi connectivity index (χ0v) is 16.8. The first kappa shape index (κ1) is 19.9. The van der Waals surface area contributed by atoms with Crippen LogP contribution in [0.3, 0.4) is 0 Å². The molecule has 2 aromatic carbocycles. The summed E-state index contributed by atoms with van der Waals surface area (Å²) < 4.78 is 0. The molecule has 4 rings (SSSR count). The Morgan fingerprint density at radius 1 is 1.00 bits per heavy atom. The van der Waals surface area contributed by atoms with Crippen molar-refractivity contribution in [2.24, 2.45) is 0 Å². The number of carbonyl (C=O) groups excluding carboxylic acids is 1. The normalized spacial score (nSPS) is 16.3. The Morgan fingerprint density at radius 2 is 1.70 bits per heavy atom. The molecular formula is C24H26N4O2. The maximum absolute atomic E-state index is 12.1. The number of hydrogen-bond acceptors (Lipinski definition) is 4. The number of phenols is 1. The van der Waals surface area contributed by atoms with Crippen LogP contribution in [0, 0.1) is 0 Å². The van der Waals surface area contributed by atoms with Crippen LogP contribution < -0.4 is 10.6 Å². The highest BCUT2D eigenvalue weighted by Crippen LogP contribution is 2.32. The summed E-state index contributed by atoms with van der Waals surface area (Å²) in [6.45, 7) is 2.38. The number of nitrogens with one attached hydrogen (secondary N) is 2. The monoisotopic (exact) mass is 402 g/mol. The molecule has 1 unspecified atom stereocenters. The lowest BCUT2D eigenvalue weighted by atomic mass is 10.1. The average molecular weight is 402 g/mol. The molecule has 1 aliphatic heterocycles. The molecule has 1 aliphatic rings. The van der Waals surface area contributed by atoms with Crippen molar-refractivity contribution in [1.82, 2.24) is 15.2 Å². The second kappa shape index (κ2) is 9.41. The van der Waals surface area contributed by atoms with Crippen molar-refractivity contribution in [1.29, 1.82) is 0 Å². The van der Waals surface area contributed by atoms with Gasteiger partial charge in [0.15, 0.2) is 0 Å². The van der Waals surface area contributed by atoms with E-state index in [1.807, 2.05) is 24.5 Å². The van der Waals surface area contributed by atoms with Crippen LogP contribution in [0.25, 0.3) is 0 Å². The van der Waals surface area contributed by atoms with Crippen molar-refractivity contribution in [2.75, 3.05) is 11.9 Å². The first-order valence-electron chi connectivity index (χ1n) is 10.2. The second-order valence-corrected chi connectivity index (χ2v) is 7.58. The van der Waals surface area contributed by atoms with Gasteiger partial charge in [-0.3, -0.25) is 9.88 Å².